The van der Waals surface area contributed by atoms with Crippen LogP contribution < -0.4 is 10.2 Å². The molecule has 1 aromatic rings. The average Bonchev–Trinajstić information content (AvgIpc) is 3.20. The molecular weight excluding hydrogens is 314 g/mol. The summed E-state index contributed by atoms with van der Waals surface area (Å²) < 4.78 is 0. The maximum Gasteiger partial charge on any atom is 0.222 e. The van der Waals surface area contributed by atoms with Gasteiger partial charge in [-0.05, 0) is 44.4 Å². The number of anilines is 2. The van der Waals surface area contributed by atoms with Crippen molar-refractivity contribution in [2.75, 3.05) is 42.9 Å². The van der Waals surface area contributed by atoms with Crippen molar-refractivity contribution >= 4 is 17.5 Å². The van der Waals surface area contributed by atoms with Crippen LogP contribution in [0.25, 0.3) is 0 Å². The van der Waals surface area contributed by atoms with Crippen LogP contribution in [-0.2, 0) is 4.79 Å². The average molecular weight is 345 g/mol. The molecule has 0 radical (unpaired) electrons. The smallest absolute Gasteiger partial charge is 0.222 e. The fourth-order valence-corrected chi connectivity index (χ4v) is 3.83. The van der Waals surface area contributed by atoms with Crippen LogP contribution in [0.1, 0.15) is 51.9 Å². The normalized spacial score (nSPS) is 20.8. The number of piperidine rings is 1. The van der Waals surface area contributed by atoms with E-state index in [0.29, 0.717) is 18.2 Å². The first-order valence-corrected chi connectivity index (χ1v) is 9.85. The van der Waals surface area contributed by atoms with E-state index in [4.69, 9.17) is 0 Å². The largest absolute Gasteiger partial charge is 0.370 e. The highest BCUT2D eigenvalue weighted by Gasteiger charge is 2.24. The van der Waals surface area contributed by atoms with Crippen LogP contribution >= 0.6 is 0 Å². The summed E-state index contributed by atoms with van der Waals surface area (Å²) in [6.45, 7) is 7.04. The van der Waals surface area contributed by atoms with Gasteiger partial charge >= 0.3 is 0 Å². The lowest BCUT2D eigenvalue weighted by Crippen LogP contribution is -2.37. The molecule has 2 fully saturated rings. The maximum absolute atomic E-state index is 12.3. The Bertz CT molecular complexity index is 559. The van der Waals surface area contributed by atoms with Crippen molar-refractivity contribution in [1.29, 1.82) is 0 Å². The number of hydrogen-bond donors (Lipinski definition) is 1. The van der Waals surface area contributed by atoms with E-state index in [-0.39, 0.29) is 0 Å². The van der Waals surface area contributed by atoms with Crippen LogP contribution in [0.4, 0.5) is 11.6 Å². The molecule has 138 valence electrons. The zero-order chi connectivity index (χ0) is 17.5. The van der Waals surface area contributed by atoms with Crippen molar-refractivity contribution in [3.63, 3.8) is 0 Å². The molecule has 0 aliphatic carbocycles. The van der Waals surface area contributed by atoms with E-state index in [1.807, 2.05) is 11.0 Å². The lowest BCUT2D eigenvalue weighted by Gasteiger charge is -2.33. The molecule has 1 N–H and O–H groups in total. The van der Waals surface area contributed by atoms with Crippen molar-refractivity contribution in [3.8, 4) is 0 Å². The summed E-state index contributed by atoms with van der Waals surface area (Å²) >= 11 is 0. The topological polar surface area (TPSA) is 61.4 Å². The highest BCUT2D eigenvalue weighted by Crippen LogP contribution is 2.26. The molecule has 1 aromatic heterocycles. The number of carbonyl (C=O) groups is 1. The zero-order valence-corrected chi connectivity index (χ0v) is 15.4. The molecule has 0 bridgehead atoms. The van der Waals surface area contributed by atoms with Crippen LogP contribution in [0.15, 0.2) is 12.4 Å². The summed E-state index contributed by atoms with van der Waals surface area (Å²) in [4.78, 5) is 25.4. The lowest BCUT2D eigenvalue weighted by molar-refractivity contribution is -0.130. The first-order valence-electron chi connectivity index (χ1n) is 9.85. The van der Waals surface area contributed by atoms with Crippen molar-refractivity contribution in [1.82, 2.24) is 14.9 Å². The summed E-state index contributed by atoms with van der Waals surface area (Å²) in [6.07, 6.45) is 9.16. The van der Waals surface area contributed by atoms with Crippen molar-refractivity contribution < 1.29 is 4.79 Å². The molecule has 1 amide bonds. The van der Waals surface area contributed by atoms with Gasteiger partial charge in [0, 0.05) is 45.2 Å². The number of likely N-dealkylation sites (tertiary alicyclic amines) is 1. The van der Waals surface area contributed by atoms with Gasteiger partial charge in [-0.25, -0.2) is 9.97 Å². The molecule has 0 aromatic carbocycles. The van der Waals surface area contributed by atoms with E-state index in [1.54, 1.807) is 6.33 Å². The third-order valence-electron chi connectivity index (χ3n) is 5.28. The Hall–Kier alpha value is -1.85. The quantitative estimate of drug-likeness (QED) is 0.823. The molecule has 2 aliphatic heterocycles. The van der Waals surface area contributed by atoms with Gasteiger partial charge < -0.3 is 15.1 Å². The molecule has 0 spiro atoms. The van der Waals surface area contributed by atoms with Crippen LogP contribution in [0.2, 0.25) is 0 Å². The third-order valence-corrected chi connectivity index (χ3v) is 5.28. The van der Waals surface area contributed by atoms with Crippen molar-refractivity contribution in [3.05, 3.63) is 12.4 Å². The van der Waals surface area contributed by atoms with Gasteiger partial charge in [0.05, 0.1) is 0 Å². The van der Waals surface area contributed by atoms with Crippen LogP contribution in [0.3, 0.4) is 0 Å². The van der Waals surface area contributed by atoms with Gasteiger partial charge in [-0.3, -0.25) is 4.79 Å². The van der Waals surface area contributed by atoms with Crippen LogP contribution in [0, 0.1) is 5.92 Å². The Labute approximate surface area is 151 Å². The van der Waals surface area contributed by atoms with E-state index in [2.05, 4.69) is 27.1 Å². The highest BCUT2D eigenvalue weighted by atomic mass is 16.2. The lowest BCUT2D eigenvalue weighted by atomic mass is 9.93. The molecule has 2 saturated heterocycles. The highest BCUT2D eigenvalue weighted by molar-refractivity contribution is 5.76. The van der Waals surface area contributed by atoms with E-state index in [9.17, 15) is 4.79 Å². The zero-order valence-electron chi connectivity index (χ0n) is 15.4. The summed E-state index contributed by atoms with van der Waals surface area (Å²) in [6, 6.07) is 2.05. The third kappa shape index (κ3) is 5.06. The predicted molar refractivity (Wildman–Crippen MR) is 101 cm³/mol. The predicted octanol–water partition coefficient (Wildman–Crippen LogP) is 2.92. The molecule has 1 atom stereocenters. The van der Waals surface area contributed by atoms with Crippen LogP contribution in [0.5, 0.6) is 0 Å². The summed E-state index contributed by atoms with van der Waals surface area (Å²) in [5, 5.41) is 3.33. The van der Waals surface area contributed by atoms with Gasteiger partial charge in [0.25, 0.3) is 0 Å². The Morgan fingerprint density at radius 2 is 2.08 bits per heavy atom. The fraction of sp³-hybridized carbons (Fsp3) is 0.737. The molecule has 2 aliphatic rings. The first-order chi connectivity index (χ1) is 12.3. The summed E-state index contributed by atoms with van der Waals surface area (Å²) in [5.74, 6) is 2.84. The van der Waals surface area contributed by atoms with E-state index in [0.717, 1.165) is 57.2 Å². The number of nitrogens with zero attached hydrogens (tertiary/aromatic N) is 4. The van der Waals surface area contributed by atoms with Gasteiger partial charge in [-0.1, -0.05) is 6.92 Å². The molecule has 3 rings (SSSR count). The number of hydrogen-bond acceptors (Lipinski definition) is 5. The van der Waals surface area contributed by atoms with Gasteiger partial charge in [-0.2, -0.15) is 0 Å². The molecule has 6 nitrogen and oxygen atoms in total. The van der Waals surface area contributed by atoms with Crippen LogP contribution in [-0.4, -0.2) is 53.5 Å². The van der Waals surface area contributed by atoms with E-state index < -0.39 is 0 Å². The molecule has 0 unspecified atom stereocenters. The van der Waals surface area contributed by atoms with Gasteiger partial charge in [0.15, 0.2) is 0 Å². The van der Waals surface area contributed by atoms with Crippen molar-refractivity contribution in [2.24, 2.45) is 5.92 Å². The number of rotatable bonds is 7. The standard InChI is InChI=1S/C19H31N5O/c1-2-9-20-17-13-18(22-15-21-17)24-12-5-6-16(14-24)7-8-19(25)23-10-3-4-11-23/h13,15-16H,2-12,14H2,1H3,(H,20,21,22)/t16-/m0/s1. The van der Waals surface area contributed by atoms with E-state index in [1.165, 1.54) is 25.7 Å². The molecule has 0 saturated carbocycles. The summed E-state index contributed by atoms with van der Waals surface area (Å²) in [7, 11) is 0. The SMILES string of the molecule is CCCNc1cc(N2CCC[C@@H](CCC(=O)N3CCCC3)C2)ncn1. The second kappa shape index (κ2) is 9.02. The van der Waals surface area contributed by atoms with Gasteiger partial charge in [-0.15, -0.1) is 0 Å². The summed E-state index contributed by atoms with van der Waals surface area (Å²) in [5.41, 5.74) is 0. The number of amides is 1. The molecular formula is C19H31N5O. The number of carbonyl (C=O) groups excluding carboxylic acids is 1. The fourth-order valence-electron chi connectivity index (χ4n) is 3.83. The van der Waals surface area contributed by atoms with Crippen molar-refractivity contribution in [2.45, 2.75) is 51.9 Å². The number of aromatic nitrogens is 2. The Morgan fingerprint density at radius 1 is 1.24 bits per heavy atom. The second-order valence-corrected chi connectivity index (χ2v) is 7.27. The maximum atomic E-state index is 12.3. The minimum atomic E-state index is 0.350. The Kier molecular flexibility index (Phi) is 6.48. The monoisotopic (exact) mass is 345 g/mol. The first kappa shape index (κ1) is 18.0. The van der Waals surface area contributed by atoms with Gasteiger partial charge in [0.1, 0.15) is 18.0 Å². The van der Waals surface area contributed by atoms with E-state index >= 15 is 0 Å². The minimum absolute atomic E-state index is 0.350. The Morgan fingerprint density at radius 3 is 2.88 bits per heavy atom. The molecule has 3 heterocycles. The number of nitrogens with one attached hydrogen (secondary N) is 1. The second-order valence-electron chi connectivity index (χ2n) is 7.27. The minimum Gasteiger partial charge on any atom is -0.370 e. The molecule has 25 heavy (non-hydrogen) atoms. The van der Waals surface area contributed by atoms with Gasteiger partial charge in [0.2, 0.25) is 5.91 Å². The molecule has 6 heteroatoms. The Balaban J connectivity index is 1.51.